The minimum Gasteiger partial charge on any atom is -0.409 e. The molecule has 1 heterocycles. The van der Waals surface area contributed by atoms with Gasteiger partial charge in [-0.05, 0) is 19.8 Å². The van der Waals surface area contributed by atoms with Gasteiger partial charge in [0, 0.05) is 24.8 Å². The zero-order valence-electron chi connectivity index (χ0n) is 11.5. The molecule has 1 atom stereocenters. The van der Waals surface area contributed by atoms with E-state index < -0.39 is 20.5 Å². The number of hydrogen-bond donors (Lipinski definition) is 2. The molecule has 0 aromatic heterocycles. The average molecular weight is 291 g/mol. The van der Waals surface area contributed by atoms with Gasteiger partial charge >= 0.3 is 0 Å². The van der Waals surface area contributed by atoms with Crippen LogP contribution < -0.4 is 5.73 Å². The molecule has 110 valence electrons. The Hall–Kier alpha value is -1.31. The Morgan fingerprint density at radius 3 is 2.26 bits per heavy atom. The summed E-state index contributed by atoms with van der Waals surface area (Å²) in [5, 5.41) is 10.7. The van der Waals surface area contributed by atoms with Crippen molar-refractivity contribution in [1.29, 1.82) is 0 Å². The minimum absolute atomic E-state index is 0.149. The molecule has 1 amide bonds. The van der Waals surface area contributed by atoms with E-state index in [2.05, 4.69) is 5.16 Å². The van der Waals surface area contributed by atoms with Crippen molar-refractivity contribution in [3.63, 3.8) is 0 Å². The van der Waals surface area contributed by atoms with E-state index in [9.17, 15) is 13.2 Å². The fraction of sp³-hybridized carbons (Fsp3) is 0.818. The summed E-state index contributed by atoms with van der Waals surface area (Å²) < 4.78 is 22.8. The molecule has 0 aliphatic carbocycles. The molecule has 7 nitrogen and oxygen atoms in total. The molecule has 0 bridgehead atoms. The topological polar surface area (TPSA) is 113 Å². The van der Waals surface area contributed by atoms with Crippen LogP contribution in [0.1, 0.15) is 26.7 Å². The lowest BCUT2D eigenvalue weighted by atomic mass is 9.79. The monoisotopic (exact) mass is 291 g/mol. The summed E-state index contributed by atoms with van der Waals surface area (Å²) in [5.74, 6) is -0.236. The molecule has 1 aliphatic heterocycles. The van der Waals surface area contributed by atoms with E-state index in [1.165, 1.54) is 11.8 Å². The highest BCUT2D eigenvalue weighted by Crippen LogP contribution is 2.31. The van der Waals surface area contributed by atoms with Gasteiger partial charge in [0.15, 0.2) is 9.84 Å². The smallest absolute Gasteiger partial charge is 0.240 e. The van der Waals surface area contributed by atoms with Crippen LogP contribution in [0.2, 0.25) is 0 Å². The highest BCUT2D eigenvalue weighted by atomic mass is 32.2. The lowest BCUT2D eigenvalue weighted by Crippen LogP contribution is -2.50. The summed E-state index contributed by atoms with van der Waals surface area (Å²) in [5.41, 5.74) is 5.19. The molecule has 0 aromatic carbocycles. The summed E-state index contributed by atoms with van der Waals surface area (Å²) in [6.45, 7) is 4.08. The number of piperidine rings is 1. The molecule has 1 rings (SSSR count). The normalized spacial score (nSPS) is 22.1. The standard InChI is InChI=1S/C11H21N3O4S/c1-8(19(3,17)18)9(15)14-6-4-11(2,5-7-14)10(12)13-16/h8,16H,4-7H2,1-3H3,(H2,12,13). The first-order valence-electron chi connectivity index (χ1n) is 6.07. The maximum absolute atomic E-state index is 12.0. The number of rotatable bonds is 3. The zero-order chi connectivity index (χ0) is 14.8. The van der Waals surface area contributed by atoms with Gasteiger partial charge in [0.2, 0.25) is 5.91 Å². The van der Waals surface area contributed by atoms with Crippen LogP contribution in [-0.4, -0.2) is 54.9 Å². The van der Waals surface area contributed by atoms with Crippen LogP contribution in [0.25, 0.3) is 0 Å². The van der Waals surface area contributed by atoms with Crippen LogP contribution in [0.3, 0.4) is 0 Å². The van der Waals surface area contributed by atoms with E-state index >= 15 is 0 Å². The first kappa shape index (κ1) is 15.7. The molecule has 0 spiro atoms. The average Bonchev–Trinajstić information content (AvgIpc) is 2.35. The van der Waals surface area contributed by atoms with E-state index in [1.807, 2.05) is 6.92 Å². The molecule has 0 radical (unpaired) electrons. The second kappa shape index (κ2) is 5.36. The molecule has 0 aromatic rings. The largest absolute Gasteiger partial charge is 0.409 e. The highest BCUT2D eigenvalue weighted by molar-refractivity contribution is 7.92. The summed E-state index contributed by atoms with van der Waals surface area (Å²) >= 11 is 0. The van der Waals surface area contributed by atoms with E-state index in [1.54, 1.807) is 0 Å². The van der Waals surface area contributed by atoms with Crippen molar-refractivity contribution in [3.05, 3.63) is 0 Å². The summed E-state index contributed by atoms with van der Waals surface area (Å²) in [4.78, 5) is 13.6. The number of nitrogens with two attached hydrogens (primary N) is 1. The van der Waals surface area contributed by atoms with Crippen LogP contribution in [0, 0.1) is 5.41 Å². The number of likely N-dealkylation sites (tertiary alicyclic amines) is 1. The minimum atomic E-state index is -3.38. The number of carbonyl (C=O) groups excluding carboxylic acids is 1. The van der Waals surface area contributed by atoms with Gasteiger partial charge in [-0.15, -0.1) is 0 Å². The fourth-order valence-corrected chi connectivity index (χ4v) is 2.55. The van der Waals surface area contributed by atoms with Crippen LogP contribution in [0.15, 0.2) is 5.16 Å². The number of carbonyl (C=O) groups is 1. The van der Waals surface area contributed by atoms with Gasteiger partial charge < -0.3 is 15.8 Å². The lowest BCUT2D eigenvalue weighted by molar-refractivity contribution is -0.132. The Balaban J connectivity index is 2.72. The molecule has 1 unspecified atom stereocenters. The molecule has 8 heteroatoms. The van der Waals surface area contributed by atoms with E-state index in [4.69, 9.17) is 10.9 Å². The first-order chi connectivity index (χ1) is 8.62. The SMILES string of the molecule is CC(C(=O)N1CCC(C)(C(N)=NO)CC1)S(C)(=O)=O. The van der Waals surface area contributed by atoms with Crippen LogP contribution in [-0.2, 0) is 14.6 Å². The van der Waals surface area contributed by atoms with E-state index in [0.717, 1.165) is 6.26 Å². The number of hydrogen-bond acceptors (Lipinski definition) is 5. The van der Waals surface area contributed by atoms with E-state index in [-0.39, 0.29) is 11.7 Å². The van der Waals surface area contributed by atoms with Crippen LogP contribution in [0.5, 0.6) is 0 Å². The predicted molar refractivity (Wildman–Crippen MR) is 71.6 cm³/mol. The molecule has 1 aliphatic rings. The number of amides is 1. The van der Waals surface area contributed by atoms with Crippen molar-refractivity contribution < 1.29 is 18.4 Å². The Bertz CT molecular complexity index is 478. The number of amidine groups is 1. The second-order valence-electron chi connectivity index (χ2n) is 5.34. The third kappa shape index (κ3) is 3.37. The molecule has 1 saturated heterocycles. The quantitative estimate of drug-likeness (QED) is 0.323. The third-order valence-electron chi connectivity index (χ3n) is 3.89. The van der Waals surface area contributed by atoms with Gasteiger partial charge in [0.25, 0.3) is 0 Å². The van der Waals surface area contributed by atoms with Gasteiger partial charge in [-0.25, -0.2) is 8.42 Å². The van der Waals surface area contributed by atoms with Crippen molar-refractivity contribution in [2.45, 2.75) is 31.9 Å². The van der Waals surface area contributed by atoms with Crippen molar-refractivity contribution in [2.24, 2.45) is 16.3 Å². The molecule has 1 fully saturated rings. The van der Waals surface area contributed by atoms with Crippen LogP contribution in [0.4, 0.5) is 0 Å². The highest BCUT2D eigenvalue weighted by Gasteiger charge is 2.37. The van der Waals surface area contributed by atoms with Crippen LogP contribution >= 0.6 is 0 Å². The van der Waals surface area contributed by atoms with Crippen molar-refractivity contribution >= 4 is 21.6 Å². The molecular weight excluding hydrogens is 270 g/mol. The Kier molecular flexibility index (Phi) is 4.44. The molecule has 19 heavy (non-hydrogen) atoms. The maximum atomic E-state index is 12.0. The summed E-state index contributed by atoms with van der Waals surface area (Å²) in [7, 11) is -3.38. The summed E-state index contributed by atoms with van der Waals surface area (Å²) in [6, 6.07) is 0. The third-order valence-corrected chi connectivity index (χ3v) is 5.38. The predicted octanol–water partition coefficient (Wildman–Crippen LogP) is -0.205. The van der Waals surface area contributed by atoms with Crippen molar-refractivity contribution in [3.8, 4) is 0 Å². The molecular formula is C11H21N3O4S. The first-order valence-corrected chi connectivity index (χ1v) is 8.03. The van der Waals surface area contributed by atoms with Gasteiger partial charge in [-0.3, -0.25) is 4.79 Å². The Morgan fingerprint density at radius 2 is 1.89 bits per heavy atom. The van der Waals surface area contributed by atoms with Crippen molar-refractivity contribution in [2.75, 3.05) is 19.3 Å². The molecule has 0 saturated carbocycles. The summed E-state index contributed by atoms with van der Waals surface area (Å²) in [6.07, 6.45) is 2.15. The van der Waals surface area contributed by atoms with Gasteiger partial charge in [0.1, 0.15) is 11.1 Å². The van der Waals surface area contributed by atoms with Crippen molar-refractivity contribution in [1.82, 2.24) is 4.90 Å². The van der Waals surface area contributed by atoms with E-state index in [0.29, 0.717) is 25.9 Å². The van der Waals surface area contributed by atoms with Gasteiger partial charge in [-0.2, -0.15) is 0 Å². The fourth-order valence-electron chi connectivity index (χ4n) is 2.04. The maximum Gasteiger partial charge on any atom is 0.240 e. The lowest BCUT2D eigenvalue weighted by Gasteiger charge is -2.39. The van der Waals surface area contributed by atoms with Gasteiger partial charge in [-0.1, -0.05) is 12.1 Å². The second-order valence-corrected chi connectivity index (χ2v) is 7.71. The number of sulfone groups is 1. The zero-order valence-corrected chi connectivity index (χ0v) is 12.3. The number of nitrogens with zero attached hydrogens (tertiary/aromatic N) is 2. The Labute approximate surface area is 113 Å². The number of oxime groups is 1. The Morgan fingerprint density at radius 1 is 1.42 bits per heavy atom. The molecule has 3 N–H and O–H groups in total. The van der Waals surface area contributed by atoms with Gasteiger partial charge in [0.05, 0.1) is 0 Å².